The van der Waals surface area contributed by atoms with Crippen LogP contribution in [0.1, 0.15) is 9.67 Å². The molecule has 0 spiro atoms. The van der Waals surface area contributed by atoms with E-state index in [0.717, 1.165) is 0 Å². The summed E-state index contributed by atoms with van der Waals surface area (Å²) in [5.74, 6) is 5.78. The van der Waals surface area contributed by atoms with Gasteiger partial charge in [0.25, 0.3) is 5.91 Å². The summed E-state index contributed by atoms with van der Waals surface area (Å²) in [7, 11) is 0. The Bertz CT molecular complexity index is 336. The third-order valence-corrected chi connectivity index (χ3v) is 2.58. The van der Waals surface area contributed by atoms with Crippen LogP contribution in [0.3, 0.4) is 0 Å². The molecule has 2 rings (SSSR count). The summed E-state index contributed by atoms with van der Waals surface area (Å²) < 4.78 is 10.5. The molecule has 0 bridgehead atoms. The van der Waals surface area contributed by atoms with Gasteiger partial charge in [-0.2, -0.15) is 0 Å². The zero-order chi connectivity index (χ0) is 9.26. The average Bonchev–Trinajstić information content (AvgIpc) is 2.60. The van der Waals surface area contributed by atoms with Crippen molar-refractivity contribution >= 4 is 17.2 Å². The second-order valence-corrected chi connectivity index (χ2v) is 3.31. The highest BCUT2D eigenvalue weighted by Crippen LogP contribution is 2.38. The lowest BCUT2D eigenvalue weighted by Gasteiger charge is -2.15. The number of rotatable bonds is 1. The van der Waals surface area contributed by atoms with E-state index in [1.807, 2.05) is 0 Å². The Morgan fingerprint density at radius 2 is 2.31 bits per heavy atom. The minimum absolute atomic E-state index is 0.350. The lowest BCUT2D eigenvalue weighted by molar-refractivity contribution is 0.0948. The minimum atomic E-state index is -0.350. The topological polar surface area (TPSA) is 73.6 Å². The van der Waals surface area contributed by atoms with Gasteiger partial charge in [0.2, 0.25) is 0 Å². The van der Waals surface area contributed by atoms with Crippen molar-refractivity contribution in [2.75, 3.05) is 13.2 Å². The molecule has 70 valence electrons. The second-order valence-electron chi connectivity index (χ2n) is 2.43. The molecule has 0 aliphatic carbocycles. The van der Waals surface area contributed by atoms with Crippen molar-refractivity contribution < 1.29 is 14.3 Å². The van der Waals surface area contributed by atoms with Crippen LogP contribution in [0, 0.1) is 0 Å². The molecule has 1 aliphatic heterocycles. The first-order chi connectivity index (χ1) is 6.33. The van der Waals surface area contributed by atoms with Crippen molar-refractivity contribution in [3.63, 3.8) is 0 Å². The van der Waals surface area contributed by atoms with E-state index in [-0.39, 0.29) is 5.91 Å². The summed E-state index contributed by atoms with van der Waals surface area (Å²) >= 11 is 1.26. The van der Waals surface area contributed by atoms with E-state index in [4.69, 9.17) is 15.3 Å². The number of nitrogens with one attached hydrogen (secondary N) is 1. The van der Waals surface area contributed by atoms with E-state index in [9.17, 15) is 4.79 Å². The number of nitrogens with two attached hydrogens (primary N) is 1. The zero-order valence-corrected chi connectivity index (χ0v) is 7.52. The van der Waals surface area contributed by atoms with Gasteiger partial charge in [-0.3, -0.25) is 10.2 Å². The van der Waals surface area contributed by atoms with E-state index >= 15 is 0 Å². The fourth-order valence-corrected chi connectivity index (χ4v) is 1.92. The lowest BCUT2D eigenvalue weighted by Crippen LogP contribution is -2.30. The first-order valence-corrected chi connectivity index (χ1v) is 4.59. The van der Waals surface area contributed by atoms with Crippen LogP contribution in [-0.2, 0) is 0 Å². The summed E-state index contributed by atoms with van der Waals surface area (Å²) in [4.78, 5) is 11.6. The average molecular weight is 200 g/mol. The maximum absolute atomic E-state index is 11.2. The van der Waals surface area contributed by atoms with Gasteiger partial charge in [-0.25, -0.2) is 5.84 Å². The quantitative estimate of drug-likeness (QED) is 0.384. The van der Waals surface area contributed by atoms with E-state index in [1.165, 1.54) is 11.3 Å². The number of hydrogen-bond acceptors (Lipinski definition) is 5. The number of carbonyl (C=O) groups is 1. The Hall–Kier alpha value is -1.27. The Kier molecular flexibility index (Phi) is 2.07. The number of carbonyl (C=O) groups excluding carboxylic acids is 1. The van der Waals surface area contributed by atoms with Crippen molar-refractivity contribution in [1.29, 1.82) is 0 Å². The maximum atomic E-state index is 11.2. The Balaban J connectivity index is 2.36. The summed E-state index contributed by atoms with van der Waals surface area (Å²) in [5.41, 5.74) is 2.05. The molecule has 13 heavy (non-hydrogen) atoms. The summed E-state index contributed by atoms with van der Waals surface area (Å²) in [6.45, 7) is 0.988. The zero-order valence-electron chi connectivity index (χ0n) is 6.70. The van der Waals surface area contributed by atoms with Crippen LogP contribution in [0.2, 0.25) is 0 Å². The van der Waals surface area contributed by atoms with Crippen molar-refractivity contribution in [3.05, 3.63) is 10.3 Å². The highest BCUT2D eigenvalue weighted by Gasteiger charge is 2.22. The molecule has 0 saturated carbocycles. The molecule has 0 aromatic carbocycles. The van der Waals surface area contributed by atoms with Crippen molar-refractivity contribution in [1.82, 2.24) is 5.43 Å². The lowest BCUT2D eigenvalue weighted by atomic mass is 10.4. The van der Waals surface area contributed by atoms with Gasteiger partial charge in [-0.15, -0.1) is 11.3 Å². The molecule has 0 radical (unpaired) electrons. The van der Waals surface area contributed by atoms with Gasteiger partial charge >= 0.3 is 0 Å². The minimum Gasteiger partial charge on any atom is -0.485 e. The van der Waals surface area contributed by atoms with Crippen LogP contribution < -0.4 is 20.7 Å². The van der Waals surface area contributed by atoms with Gasteiger partial charge in [0.1, 0.15) is 18.1 Å². The molecule has 1 aromatic heterocycles. The van der Waals surface area contributed by atoms with Crippen molar-refractivity contribution in [3.8, 4) is 11.5 Å². The van der Waals surface area contributed by atoms with Crippen LogP contribution in [-0.4, -0.2) is 19.1 Å². The van der Waals surface area contributed by atoms with Crippen LogP contribution in [0.15, 0.2) is 5.38 Å². The number of hydrogen-bond donors (Lipinski definition) is 2. The standard InChI is InChI=1S/C7H8N2O3S/c8-9-7(10)6-5-4(3-13-6)11-1-2-12-5/h3H,1-2,8H2,(H,9,10). The summed E-state index contributed by atoms with van der Waals surface area (Å²) in [6, 6.07) is 0. The van der Waals surface area contributed by atoms with Gasteiger partial charge in [-0.05, 0) is 0 Å². The van der Waals surface area contributed by atoms with Gasteiger partial charge < -0.3 is 9.47 Å². The third kappa shape index (κ3) is 1.34. The normalized spacial score (nSPS) is 13.9. The van der Waals surface area contributed by atoms with Gasteiger partial charge in [0.05, 0.1) is 0 Å². The van der Waals surface area contributed by atoms with Crippen LogP contribution in [0.5, 0.6) is 11.5 Å². The Morgan fingerprint density at radius 3 is 3.08 bits per heavy atom. The van der Waals surface area contributed by atoms with E-state index in [1.54, 1.807) is 5.38 Å². The maximum Gasteiger partial charge on any atom is 0.279 e. The molecule has 6 heteroatoms. The van der Waals surface area contributed by atoms with Crippen molar-refractivity contribution in [2.24, 2.45) is 5.84 Å². The summed E-state index contributed by atoms with van der Waals surface area (Å²) in [5, 5.41) is 1.74. The first-order valence-electron chi connectivity index (χ1n) is 3.71. The summed E-state index contributed by atoms with van der Waals surface area (Å²) in [6.07, 6.45) is 0. The number of thiophene rings is 1. The fourth-order valence-electron chi connectivity index (χ4n) is 1.09. The first kappa shape index (κ1) is 8.33. The number of hydrazine groups is 1. The fraction of sp³-hybridized carbons (Fsp3) is 0.286. The van der Waals surface area contributed by atoms with Crippen molar-refractivity contribution in [2.45, 2.75) is 0 Å². The SMILES string of the molecule is NNC(=O)c1scc2c1OCCO2. The molecule has 0 unspecified atom stereocenters. The van der Waals surface area contributed by atoms with E-state index < -0.39 is 0 Å². The highest BCUT2D eigenvalue weighted by atomic mass is 32.1. The molecular weight excluding hydrogens is 192 g/mol. The molecule has 1 aromatic rings. The highest BCUT2D eigenvalue weighted by molar-refractivity contribution is 7.12. The molecule has 0 fully saturated rings. The van der Waals surface area contributed by atoms with Gasteiger partial charge in [0.15, 0.2) is 11.5 Å². The molecule has 0 atom stereocenters. The molecule has 0 saturated heterocycles. The smallest absolute Gasteiger partial charge is 0.279 e. The second kappa shape index (κ2) is 3.23. The largest absolute Gasteiger partial charge is 0.485 e. The predicted molar refractivity (Wildman–Crippen MR) is 47.0 cm³/mol. The van der Waals surface area contributed by atoms with Crippen LogP contribution in [0.4, 0.5) is 0 Å². The Labute approximate surface area is 78.4 Å². The monoisotopic (exact) mass is 200 g/mol. The molecule has 2 heterocycles. The van der Waals surface area contributed by atoms with E-state index in [2.05, 4.69) is 5.43 Å². The molecule has 5 nitrogen and oxygen atoms in total. The van der Waals surface area contributed by atoms with Gasteiger partial charge in [0, 0.05) is 5.38 Å². The van der Waals surface area contributed by atoms with Crippen LogP contribution in [0.25, 0.3) is 0 Å². The van der Waals surface area contributed by atoms with E-state index in [0.29, 0.717) is 29.6 Å². The molecule has 3 N–H and O–H groups in total. The number of nitrogen functional groups attached to an aromatic ring is 1. The number of fused-ring (bicyclic) bond motifs is 1. The molecule has 1 amide bonds. The predicted octanol–water partition coefficient (Wildman–Crippen LogP) is 0.123. The third-order valence-electron chi connectivity index (χ3n) is 1.64. The van der Waals surface area contributed by atoms with Crippen LogP contribution >= 0.6 is 11.3 Å². The Morgan fingerprint density at radius 1 is 1.54 bits per heavy atom. The number of amides is 1. The van der Waals surface area contributed by atoms with Gasteiger partial charge in [-0.1, -0.05) is 0 Å². The molecule has 1 aliphatic rings. The molecular formula is C7H8N2O3S. The number of ether oxygens (including phenoxy) is 2.